The summed E-state index contributed by atoms with van der Waals surface area (Å²) in [6.45, 7) is 6.71. The number of hydrogen-bond donors (Lipinski definition) is 2. The van der Waals surface area contributed by atoms with Crippen molar-refractivity contribution in [1.29, 1.82) is 0 Å². The highest BCUT2D eigenvalue weighted by molar-refractivity contribution is 5.85. The maximum absolute atomic E-state index is 12.5. The van der Waals surface area contributed by atoms with Gasteiger partial charge < -0.3 is 24.7 Å². The van der Waals surface area contributed by atoms with E-state index in [9.17, 15) is 14.7 Å². The van der Waals surface area contributed by atoms with Crippen LogP contribution in [0.5, 0.6) is 5.75 Å². The minimum atomic E-state index is -1.87. The zero-order valence-electron chi connectivity index (χ0n) is 20.4. The average Bonchev–Trinajstić information content (AvgIpc) is 2.85. The van der Waals surface area contributed by atoms with Crippen molar-refractivity contribution in [2.75, 3.05) is 39.5 Å². The number of morpholine rings is 1. The van der Waals surface area contributed by atoms with E-state index in [-0.39, 0.29) is 30.8 Å². The summed E-state index contributed by atoms with van der Waals surface area (Å²) < 4.78 is 16.6. The number of nitrogens with two attached hydrogens (primary N) is 1. The molecule has 1 aliphatic heterocycles. The van der Waals surface area contributed by atoms with Crippen molar-refractivity contribution in [2.24, 2.45) is 5.73 Å². The first-order valence-electron chi connectivity index (χ1n) is 11.9. The Morgan fingerprint density at radius 1 is 1.14 bits per heavy atom. The van der Waals surface area contributed by atoms with Crippen molar-refractivity contribution in [3.63, 3.8) is 0 Å². The molecule has 3 N–H and O–H groups in total. The van der Waals surface area contributed by atoms with E-state index in [1.54, 1.807) is 12.1 Å². The number of primary amides is 1. The Morgan fingerprint density at radius 2 is 1.86 bits per heavy atom. The first kappa shape index (κ1) is 27.7. The zero-order chi connectivity index (χ0) is 24.8. The van der Waals surface area contributed by atoms with Crippen LogP contribution in [0.3, 0.4) is 0 Å². The van der Waals surface area contributed by atoms with E-state index >= 15 is 0 Å². The molecule has 1 fully saturated rings. The summed E-state index contributed by atoms with van der Waals surface area (Å²) in [6.07, 6.45) is 0.272. The smallest absolute Gasteiger partial charge is 0.339 e. The fourth-order valence-corrected chi connectivity index (χ4v) is 4.22. The predicted octanol–water partition coefficient (Wildman–Crippen LogP) is 2.63. The molecule has 1 amide bonds. The monoisotopic (exact) mass is 516 g/mol. The molecule has 3 aromatic rings. The quantitative estimate of drug-likeness (QED) is 0.398. The van der Waals surface area contributed by atoms with Gasteiger partial charge in [0.2, 0.25) is 5.91 Å². The Bertz CT molecular complexity index is 1220. The lowest BCUT2D eigenvalue weighted by Crippen LogP contribution is -2.47. The number of rotatable bonds is 10. The van der Waals surface area contributed by atoms with Crippen LogP contribution in [0.1, 0.15) is 23.1 Å². The highest BCUT2D eigenvalue weighted by Crippen LogP contribution is 2.23. The normalized spacial score (nSPS) is 15.7. The van der Waals surface area contributed by atoms with Crippen LogP contribution in [0.2, 0.25) is 0 Å². The molecule has 1 aliphatic rings. The Morgan fingerprint density at radius 3 is 2.56 bits per heavy atom. The highest BCUT2D eigenvalue weighted by atomic mass is 35.5. The maximum Gasteiger partial charge on any atom is 0.339 e. The summed E-state index contributed by atoms with van der Waals surface area (Å²) in [5.41, 5.74) is 5.67. The number of benzene rings is 2. The Labute approximate surface area is 216 Å². The van der Waals surface area contributed by atoms with Crippen LogP contribution in [-0.4, -0.2) is 61.0 Å². The van der Waals surface area contributed by atoms with Crippen LogP contribution in [0, 0.1) is 6.92 Å². The number of nitrogens with zero attached hydrogens (tertiary/aromatic N) is 1. The van der Waals surface area contributed by atoms with Gasteiger partial charge in [-0.3, -0.25) is 9.69 Å². The molecule has 9 heteroatoms. The molecule has 2 aromatic carbocycles. The molecule has 2 heterocycles. The van der Waals surface area contributed by atoms with Crippen molar-refractivity contribution >= 4 is 29.3 Å². The molecule has 1 unspecified atom stereocenters. The third-order valence-corrected chi connectivity index (χ3v) is 6.44. The number of hydrogen-bond acceptors (Lipinski definition) is 7. The fraction of sp³-hybridized carbons (Fsp3) is 0.407. The molecule has 0 aliphatic carbocycles. The number of aliphatic hydroxyl groups is 1. The second kappa shape index (κ2) is 12.4. The van der Waals surface area contributed by atoms with E-state index in [0.29, 0.717) is 18.6 Å². The van der Waals surface area contributed by atoms with Gasteiger partial charge in [-0.05, 0) is 55.2 Å². The van der Waals surface area contributed by atoms with Crippen LogP contribution in [0.15, 0.2) is 57.7 Å². The second-order valence-electron chi connectivity index (χ2n) is 9.12. The molecular formula is C27H33ClN2O6. The fourth-order valence-electron chi connectivity index (χ4n) is 4.22. The molecule has 0 bridgehead atoms. The highest BCUT2D eigenvalue weighted by Gasteiger charge is 2.35. The number of carbonyl (C=O) groups excluding carboxylic acids is 1. The lowest BCUT2D eigenvalue weighted by Gasteiger charge is -2.26. The topological polar surface area (TPSA) is 115 Å². The number of fused-ring (bicyclic) bond motifs is 1. The molecule has 1 saturated heterocycles. The molecule has 0 saturated carbocycles. The van der Waals surface area contributed by atoms with Crippen LogP contribution >= 0.6 is 12.4 Å². The van der Waals surface area contributed by atoms with E-state index < -0.39 is 17.1 Å². The van der Waals surface area contributed by atoms with Gasteiger partial charge in [0.05, 0.1) is 13.2 Å². The van der Waals surface area contributed by atoms with Crippen LogP contribution < -0.4 is 16.1 Å². The van der Waals surface area contributed by atoms with Gasteiger partial charge in [-0.25, -0.2) is 4.79 Å². The molecule has 8 nitrogen and oxygen atoms in total. The van der Waals surface area contributed by atoms with Gasteiger partial charge in [-0.2, -0.15) is 0 Å². The summed E-state index contributed by atoms with van der Waals surface area (Å²) in [4.78, 5) is 27.0. The summed E-state index contributed by atoms with van der Waals surface area (Å²) in [7, 11) is 0. The van der Waals surface area contributed by atoms with Crippen molar-refractivity contribution in [3.8, 4) is 5.75 Å². The largest absolute Gasteiger partial charge is 0.492 e. The van der Waals surface area contributed by atoms with Gasteiger partial charge in [-0.1, -0.05) is 24.3 Å². The van der Waals surface area contributed by atoms with Gasteiger partial charge >= 0.3 is 5.63 Å². The minimum absolute atomic E-state index is 0. The van der Waals surface area contributed by atoms with Crippen LogP contribution in [0.4, 0.5) is 0 Å². The number of ether oxygens (including phenoxy) is 2. The summed E-state index contributed by atoms with van der Waals surface area (Å²) in [5.74, 6) is -0.111. The molecule has 194 valence electrons. The molecule has 0 radical (unpaired) electrons. The third kappa shape index (κ3) is 7.07. The SMILES string of the molecule is Cc1ccc2cc(CC(O)(CCc3ccc(OCCN4CCOCC4)cc3)C(N)=O)c(=O)oc2c1.Cl. The van der Waals surface area contributed by atoms with E-state index in [0.717, 1.165) is 55.1 Å². The Balaban J connectivity index is 0.00000361. The maximum atomic E-state index is 12.5. The van der Waals surface area contributed by atoms with Gasteiger partial charge in [0.25, 0.3) is 0 Å². The van der Waals surface area contributed by atoms with Crippen molar-refractivity contribution in [1.82, 2.24) is 4.90 Å². The molecular weight excluding hydrogens is 484 g/mol. The first-order chi connectivity index (χ1) is 16.8. The summed E-state index contributed by atoms with van der Waals surface area (Å²) in [6, 6.07) is 14.7. The van der Waals surface area contributed by atoms with Crippen LogP contribution in [-0.2, 0) is 22.4 Å². The predicted molar refractivity (Wildman–Crippen MR) is 140 cm³/mol. The molecule has 1 aromatic heterocycles. The minimum Gasteiger partial charge on any atom is -0.492 e. The van der Waals surface area contributed by atoms with Gasteiger partial charge in [-0.15, -0.1) is 12.4 Å². The molecule has 1 atom stereocenters. The zero-order valence-corrected chi connectivity index (χ0v) is 21.2. The van der Waals surface area contributed by atoms with E-state index in [2.05, 4.69) is 4.90 Å². The van der Waals surface area contributed by atoms with Crippen molar-refractivity contribution in [3.05, 3.63) is 75.6 Å². The van der Waals surface area contributed by atoms with Gasteiger partial charge in [0, 0.05) is 37.0 Å². The second-order valence-corrected chi connectivity index (χ2v) is 9.12. The summed E-state index contributed by atoms with van der Waals surface area (Å²) in [5, 5.41) is 11.8. The third-order valence-electron chi connectivity index (χ3n) is 6.44. The first-order valence-corrected chi connectivity index (χ1v) is 11.9. The number of halogens is 1. The number of amides is 1. The van der Waals surface area contributed by atoms with Gasteiger partial charge in [0.15, 0.2) is 0 Å². The van der Waals surface area contributed by atoms with E-state index in [1.807, 2.05) is 43.3 Å². The standard InChI is InChI=1S/C27H32N2O6.ClH/c1-19-2-5-21-17-22(25(30)35-24(21)16-19)18-27(32,26(28)31)9-8-20-3-6-23(7-4-20)34-15-12-29-10-13-33-14-11-29;/h2-7,16-17,32H,8-15,18H2,1H3,(H2,28,31);1H. The number of carbonyl (C=O) groups is 1. The van der Waals surface area contributed by atoms with E-state index in [1.165, 1.54) is 0 Å². The average molecular weight is 517 g/mol. The Kier molecular flexibility index (Phi) is 9.50. The lowest BCUT2D eigenvalue weighted by molar-refractivity contribution is -0.136. The molecule has 36 heavy (non-hydrogen) atoms. The van der Waals surface area contributed by atoms with Crippen LogP contribution in [0.25, 0.3) is 11.0 Å². The summed E-state index contributed by atoms with van der Waals surface area (Å²) >= 11 is 0. The molecule has 0 spiro atoms. The van der Waals surface area contributed by atoms with Crippen molar-refractivity contribution in [2.45, 2.75) is 31.8 Å². The van der Waals surface area contributed by atoms with Gasteiger partial charge in [0.1, 0.15) is 23.5 Å². The van der Waals surface area contributed by atoms with Crippen molar-refractivity contribution < 1.29 is 23.8 Å². The lowest BCUT2D eigenvalue weighted by atomic mass is 9.88. The van der Waals surface area contributed by atoms with E-state index in [4.69, 9.17) is 19.6 Å². The molecule has 4 rings (SSSR count). The Hall–Kier alpha value is -2.91. The number of aryl methyl sites for hydroxylation is 2.